The van der Waals surface area contributed by atoms with E-state index in [-0.39, 0.29) is 11.9 Å². The summed E-state index contributed by atoms with van der Waals surface area (Å²) in [6.45, 7) is 5.12. The normalized spacial score (nSPS) is 13.3. The van der Waals surface area contributed by atoms with Gasteiger partial charge in [-0.3, -0.25) is 4.18 Å². The fourth-order valence-corrected chi connectivity index (χ4v) is 2.35. The Labute approximate surface area is 96.9 Å². The van der Waals surface area contributed by atoms with Crippen molar-refractivity contribution in [2.75, 3.05) is 5.75 Å². The molecular formula is C12H16O3S. The molecule has 0 saturated carbocycles. The van der Waals surface area contributed by atoms with Gasteiger partial charge in [0.2, 0.25) is 0 Å². The molecule has 0 radical (unpaired) electrons. The molecule has 0 aromatic heterocycles. The van der Waals surface area contributed by atoms with Crippen LogP contribution in [-0.4, -0.2) is 20.3 Å². The van der Waals surface area contributed by atoms with Crippen LogP contribution in [0.2, 0.25) is 0 Å². The van der Waals surface area contributed by atoms with Crippen molar-refractivity contribution < 1.29 is 12.6 Å². The van der Waals surface area contributed by atoms with E-state index in [9.17, 15) is 8.42 Å². The lowest BCUT2D eigenvalue weighted by molar-refractivity contribution is 0.230. The number of hydrogen-bond donors (Lipinski definition) is 0. The molecule has 0 bridgehead atoms. The predicted octanol–water partition coefficient (Wildman–Crippen LogP) is 2.15. The van der Waals surface area contributed by atoms with Crippen molar-refractivity contribution in [2.45, 2.75) is 19.4 Å². The Morgan fingerprint density at radius 1 is 1.38 bits per heavy atom. The third kappa shape index (κ3) is 4.59. The zero-order chi connectivity index (χ0) is 12.0. The van der Waals surface area contributed by atoms with E-state index in [0.29, 0.717) is 6.42 Å². The first-order chi connectivity index (χ1) is 7.53. The van der Waals surface area contributed by atoms with Crippen molar-refractivity contribution in [3.63, 3.8) is 0 Å². The summed E-state index contributed by atoms with van der Waals surface area (Å²) >= 11 is 0. The van der Waals surface area contributed by atoms with Crippen molar-refractivity contribution in [2.24, 2.45) is 0 Å². The summed E-state index contributed by atoms with van der Waals surface area (Å²) in [6.07, 6.45) is 1.55. The van der Waals surface area contributed by atoms with Gasteiger partial charge in [0.15, 0.2) is 0 Å². The zero-order valence-corrected chi connectivity index (χ0v) is 10.1. The molecule has 16 heavy (non-hydrogen) atoms. The third-order valence-electron chi connectivity index (χ3n) is 2.00. The molecule has 0 aliphatic rings. The van der Waals surface area contributed by atoms with Crippen LogP contribution in [0.4, 0.5) is 0 Å². The Hall–Kier alpha value is -1.13. The lowest BCUT2D eigenvalue weighted by atomic mass is 10.1. The molecule has 0 spiro atoms. The largest absolute Gasteiger partial charge is 0.271 e. The molecule has 0 amide bonds. The topological polar surface area (TPSA) is 43.4 Å². The maximum atomic E-state index is 11.3. The van der Waals surface area contributed by atoms with E-state index in [1.807, 2.05) is 30.3 Å². The molecule has 1 rings (SSSR count). The van der Waals surface area contributed by atoms with Gasteiger partial charge in [0.25, 0.3) is 10.1 Å². The van der Waals surface area contributed by atoms with E-state index >= 15 is 0 Å². The molecule has 4 heteroatoms. The van der Waals surface area contributed by atoms with Gasteiger partial charge in [-0.05, 0) is 18.9 Å². The minimum atomic E-state index is -3.47. The highest BCUT2D eigenvalue weighted by molar-refractivity contribution is 7.86. The summed E-state index contributed by atoms with van der Waals surface area (Å²) in [6, 6.07) is 9.64. The third-order valence-corrected chi connectivity index (χ3v) is 3.26. The molecule has 0 saturated heterocycles. The molecule has 88 valence electrons. The molecule has 1 aromatic rings. The lowest BCUT2D eigenvalue weighted by Gasteiger charge is -2.12. The van der Waals surface area contributed by atoms with Gasteiger partial charge in [-0.1, -0.05) is 36.4 Å². The summed E-state index contributed by atoms with van der Waals surface area (Å²) in [7, 11) is -3.47. The molecule has 1 atom stereocenters. The van der Waals surface area contributed by atoms with Gasteiger partial charge in [-0.2, -0.15) is 8.42 Å². The smallest absolute Gasteiger partial charge is 0.266 e. The van der Waals surface area contributed by atoms with Crippen molar-refractivity contribution in [1.29, 1.82) is 0 Å². The van der Waals surface area contributed by atoms with Crippen molar-refractivity contribution in [3.8, 4) is 0 Å². The number of benzene rings is 1. The Bertz CT molecular complexity index is 423. The average Bonchev–Trinajstić information content (AvgIpc) is 2.17. The van der Waals surface area contributed by atoms with Crippen LogP contribution in [0.15, 0.2) is 43.0 Å². The zero-order valence-electron chi connectivity index (χ0n) is 9.30. The first kappa shape index (κ1) is 12.9. The van der Waals surface area contributed by atoms with E-state index in [2.05, 4.69) is 6.58 Å². The summed E-state index contributed by atoms with van der Waals surface area (Å²) in [5.74, 6) is -0.147. The van der Waals surface area contributed by atoms with Crippen LogP contribution < -0.4 is 0 Å². The maximum absolute atomic E-state index is 11.3. The SMILES string of the molecule is C=CCS(=O)(=O)OC(C)Cc1ccccc1. The van der Waals surface area contributed by atoms with Gasteiger partial charge in [0, 0.05) is 0 Å². The Morgan fingerprint density at radius 3 is 2.56 bits per heavy atom. The summed E-state index contributed by atoms with van der Waals surface area (Å²) in [4.78, 5) is 0. The second kappa shape index (κ2) is 5.82. The first-order valence-electron chi connectivity index (χ1n) is 5.09. The van der Waals surface area contributed by atoms with Gasteiger partial charge in [0.05, 0.1) is 11.9 Å². The van der Waals surface area contributed by atoms with Gasteiger partial charge in [-0.25, -0.2) is 0 Å². The second-order valence-electron chi connectivity index (χ2n) is 3.61. The highest BCUT2D eigenvalue weighted by atomic mass is 32.2. The van der Waals surface area contributed by atoms with Crippen molar-refractivity contribution in [1.82, 2.24) is 0 Å². The summed E-state index contributed by atoms with van der Waals surface area (Å²) in [5, 5.41) is 0. The minimum absolute atomic E-state index is 0.147. The van der Waals surface area contributed by atoms with E-state index in [1.54, 1.807) is 6.92 Å². The highest BCUT2D eigenvalue weighted by Gasteiger charge is 2.14. The molecule has 0 N–H and O–H groups in total. The molecule has 1 aromatic carbocycles. The maximum Gasteiger partial charge on any atom is 0.271 e. The molecule has 0 heterocycles. The van der Waals surface area contributed by atoms with E-state index in [0.717, 1.165) is 5.56 Å². The molecule has 3 nitrogen and oxygen atoms in total. The average molecular weight is 240 g/mol. The Kier molecular flexibility index (Phi) is 4.71. The van der Waals surface area contributed by atoms with Gasteiger partial charge >= 0.3 is 0 Å². The second-order valence-corrected chi connectivity index (χ2v) is 5.25. The predicted molar refractivity (Wildman–Crippen MR) is 64.7 cm³/mol. The van der Waals surface area contributed by atoms with Crippen LogP contribution in [0.3, 0.4) is 0 Å². The van der Waals surface area contributed by atoms with E-state index in [1.165, 1.54) is 6.08 Å². The van der Waals surface area contributed by atoms with Gasteiger partial charge < -0.3 is 0 Å². The molecule has 0 aliphatic heterocycles. The standard InChI is InChI=1S/C12H16O3S/c1-3-9-16(13,14)15-11(2)10-12-7-5-4-6-8-12/h3-8,11H,1,9-10H2,2H3. The van der Waals surface area contributed by atoms with Crippen LogP contribution in [0.25, 0.3) is 0 Å². The Morgan fingerprint density at radius 2 is 2.00 bits per heavy atom. The summed E-state index contributed by atoms with van der Waals surface area (Å²) < 4.78 is 27.7. The van der Waals surface area contributed by atoms with Crippen molar-refractivity contribution >= 4 is 10.1 Å². The first-order valence-corrected chi connectivity index (χ1v) is 6.67. The van der Waals surface area contributed by atoms with Gasteiger partial charge in [0.1, 0.15) is 0 Å². The van der Waals surface area contributed by atoms with Crippen LogP contribution in [0.1, 0.15) is 12.5 Å². The van der Waals surface area contributed by atoms with Crippen LogP contribution in [0, 0.1) is 0 Å². The fraction of sp³-hybridized carbons (Fsp3) is 0.333. The van der Waals surface area contributed by atoms with Crippen molar-refractivity contribution in [3.05, 3.63) is 48.6 Å². The molecule has 0 aliphatic carbocycles. The molecule has 1 unspecified atom stereocenters. The van der Waals surface area contributed by atoms with E-state index in [4.69, 9.17) is 4.18 Å². The molecular weight excluding hydrogens is 224 g/mol. The highest BCUT2D eigenvalue weighted by Crippen LogP contribution is 2.08. The van der Waals surface area contributed by atoms with Crippen LogP contribution in [-0.2, 0) is 20.7 Å². The van der Waals surface area contributed by atoms with Crippen LogP contribution in [0.5, 0.6) is 0 Å². The lowest BCUT2D eigenvalue weighted by Crippen LogP contribution is -2.19. The Balaban J connectivity index is 2.54. The monoisotopic (exact) mass is 240 g/mol. The quantitative estimate of drug-likeness (QED) is 0.565. The minimum Gasteiger partial charge on any atom is -0.266 e. The number of hydrogen-bond acceptors (Lipinski definition) is 3. The van der Waals surface area contributed by atoms with Gasteiger partial charge in [-0.15, -0.1) is 6.58 Å². The fourth-order valence-electron chi connectivity index (χ4n) is 1.41. The number of rotatable bonds is 6. The van der Waals surface area contributed by atoms with E-state index < -0.39 is 10.1 Å². The molecule has 0 fully saturated rings. The van der Waals surface area contributed by atoms with Crippen LogP contribution >= 0.6 is 0 Å². The summed E-state index contributed by atoms with van der Waals surface area (Å²) in [5.41, 5.74) is 1.06.